The van der Waals surface area contributed by atoms with E-state index >= 15 is 0 Å². The molecule has 0 aliphatic carbocycles. The van der Waals surface area contributed by atoms with Crippen molar-refractivity contribution in [2.75, 3.05) is 13.4 Å². The largest absolute Gasteiger partial charge is 0.453 e. The molecule has 2 aliphatic rings. The van der Waals surface area contributed by atoms with E-state index in [1.54, 1.807) is 40.7 Å². The number of hydrogen-bond donors (Lipinski definition) is 1. The Morgan fingerprint density at radius 2 is 2.07 bits per heavy atom. The quantitative estimate of drug-likeness (QED) is 0.865. The second kappa shape index (κ2) is 6.83. The van der Waals surface area contributed by atoms with Gasteiger partial charge in [0.25, 0.3) is 0 Å². The molecule has 8 heteroatoms. The Balaban J connectivity index is 1.90. The highest BCUT2D eigenvalue weighted by Crippen LogP contribution is 2.39. The third kappa shape index (κ3) is 3.96. The molecular weight excluding hydrogens is 357 g/mol. The lowest BCUT2D eigenvalue weighted by atomic mass is 10.00. The van der Waals surface area contributed by atoms with E-state index in [0.29, 0.717) is 11.3 Å². The average Bonchev–Trinajstić information content (AvgIpc) is 3.07. The van der Waals surface area contributed by atoms with Crippen LogP contribution in [-0.4, -0.2) is 53.0 Å². The Kier molecular flexibility index (Phi) is 4.98. The van der Waals surface area contributed by atoms with Crippen LogP contribution in [-0.2, 0) is 15.9 Å². The van der Waals surface area contributed by atoms with E-state index in [9.17, 15) is 14.3 Å². The highest BCUT2D eigenvalue weighted by molar-refractivity contribution is 5.70. The molecule has 0 bridgehead atoms. The minimum atomic E-state index is -0.977. The fourth-order valence-corrected chi connectivity index (χ4v) is 3.50. The van der Waals surface area contributed by atoms with Crippen LogP contribution in [0.4, 0.5) is 9.18 Å². The van der Waals surface area contributed by atoms with Crippen molar-refractivity contribution in [3.05, 3.63) is 23.5 Å². The molecule has 2 heterocycles. The monoisotopic (exact) mass is 383 g/mol. The Bertz CT molecular complexity index is 730. The molecule has 1 saturated heterocycles. The normalized spacial score (nSPS) is 23.6. The number of amides is 1. The number of fused-ring (bicyclic) bond motifs is 1. The van der Waals surface area contributed by atoms with Crippen molar-refractivity contribution < 1.29 is 33.2 Å². The van der Waals surface area contributed by atoms with Crippen LogP contribution in [0.15, 0.2) is 12.1 Å². The van der Waals surface area contributed by atoms with Gasteiger partial charge < -0.3 is 24.1 Å². The Morgan fingerprint density at radius 3 is 2.70 bits per heavy atom. The Hall–Kier alpha value is -2.06. The van der Waals surface area contributed by atoms with Crippen molar-refractivity contribution in [1.82, 2.24) is 4.90 Å². The first-order chi connectivity index (χ1) is 12.5. The number of halogens is 1. The molecule has 3 rings (SSSR count). The number of nitrogens with zero attached hydrogens (tertiary/aromatic N) is 1. The molecule has 0 saturated carbocycles. The second-order valence-corrected chi connectivity index (χ2v) is 8.22. The Labute approximate surface area is 157 Å². The van der Waals surface area contributed by atoms with Gasteiger partial charge in [0.2, 0.25) is 12.5 Å². The smallest absolute Gasteiger partial charge is 0.412 e. The zero-order valence-electron chi connectivity index (χ0n) is 16.2. The molecular formula is C19H26FNO6. The SMILES string of the molecule is CC(C)(C)OC(=O)N1C(Cc2cc(F)c3c(c2)OCO3)[C@H](CO)OC1(C)C. The molecule has 1 fully saturated rings. The summed E-state index contributed by atoms with van der Waals surface area (Å²) in [5, 5.41) is 9.77. The zero-order chi connectivity index (χ0) is 20.0. The number of ether oxygens (including phenoxy) is 4. The lowest BCUT2D eigenvalue weighted by Crippen LogP contribution is -2.51. The molecule has 7 nitrogen and oxygen atoms in total. The van der Waals surface area contributed by atoms with Gasteiger partial charge in [0, 0.05) is 0 Å². The zero-order valence-corrected chi connectivity index (χ0v) is 16.2. The van der Waals surface area contributed by atoms with Gasteiger partial charge in [0.1, 0.15) is 17.4 Å². The van der Waals surface area contributed by atoms with Gasteiger partial charge in [-0.05, 0) is 58.7 Å². The summed E-state index contributed by atoms with van der Waals surface area (Å²) in [6.45, 7) is 8.50. The first kappa shape index (κ1) is 19.7. The fourth-order valence-electron chi connectivity index (χ4n) is 3.50. The molecule has 2 atom stereocenters. The third-order valence-electron chi connectivity index (χ3n) is 4.48. The predicted octanol–water partition coefficient (Wildman–Crippen LogP) is 2.83. The summed E-state index contributed by atoms with van der Waals surface area (Å²) in [6, 6.07) is 2.50. The maximum absolute atomic E-state index is 14.2. The van der Waals surface area contributed by atoms with Crippen molar-refractivity contribution >= 4 is 6.09 Å². The van der Waals surface area contributed by atoms with E-state index in [1.807, 2.05) is 0 Å². The first-order valence-electron chi connectivity index (χ1n) is 8.91. The third-order valence-corrected chi connectivity index (χ3v) is 4.48. The lowest BCUT2D eigenvalue weighted by Gasteiger charge is -2.35. The molecule has 1 aromatic rings. The number of carbonyl (C=O) groups excluding carboxylic acids is 1. The highest BCUT2D eigenvalue weighted by atomic mass is 19.1. The van der Waals surface area contributed by atoms with Gasteiger partial charge in [-0.1, -0.05) is 0 Å². The van der Waals surface area contributed by atoms with Crippen molar-refractivity contribution in [3.8, 4) is 11.5 Å². The summed E-state index contributed by atoms with van der Waals surface area (Å²) in [5.41, 5.74) is -1.05. The van der Waals surface area contributed by atoms with E-state index < -0.39 is 35.4 Å². The van der Waals surface area contributed by atoms with Crippen molar-refractivity contribution in [3.63, 3.8) is 0 Å². The standard InChI is InChI=1S/C19H26FNO6/c1-18(2,3)27-17(23)21-13(15(9-22)26-19(21,4)5)7-11-6-12(20)16-14(8-11)24-10-25-16/h6,8,13,15,22H,7,9-10H2,1-5H3/t13?,15-/m0/s1. The van der Waals surface area contributed by atoms with Crippen LogP contribution in [0.25, 0.3) is 0 Å². The van der Waals surface area contributed by atoms with E-state index in [0.717, 1.165) is 0 Å². The highest BCUT2D eigenvalue weighted by Gasteiger charge is 2.51. The summed E-state index contributed by atoms with van der Waals surface area (Å²) < 4.78 is 36.0. The van der Waals surface area contributed by atoms with Gasteiger partial charge in [-0.15, -0.1) is 0 Å². The molecule has 0 radical (unpaired) electrons. The summed E-state index contributed by atoms with van der Waals surface area (Å²) in [6.07, 6.45) is -0.905. The Morgan fingerprint density at radius 1 is 1.37 bits per heavy atom. The maximum Gasteiger partial charge on any atom is 0.412 e. The molecule has 1 aromatic carbocycles. The van der Waals surface area contributed by atoms with Crippen LogP contribution in [0.2, 0.25) is 0 Å². The second-order valence-electron chi connectivity index (χ2n) is 8.22. The minimum absolute atomic E-state index is 0.0292. The van der Waals surface area contributed by atoms with Crippen LogP contribution in [0.3, 0.4) is 0 Å². The van der Waals surface area contributed by atoms with E-state index in [1.165, 1.54) is 11.0 Å². The maximum atomic E-state index is 14.2. The van der Waals surface area contributed by atoms with E-state index in [4.69, 9.17) is 18.9 Å². The van der Waals surface area contributed by atoms with Crippen LogP contribution < -0.4 is 9.47 Å². The van der Waals surface area contributed by atoms with E-state index in [2.05, 4.69) is 0 Å². The van der Waals surface area contributed by atoms with Crippen molar-refractivity contribution in [2.24, 2.45) is 0 Å². The molecule has 1 N–H and O–H groups in total. The first-order valence-corrected chi connectivity index (χ1v) is 8.91. The number of rotatable bonds is 3. The predicted molar refractivity (Wildman–Crippen MR) is 94.1 cm³/mol. The molecule has 2 aliphatic heterocycles. The average molecular weight is 383 g/mol. The number of benzene rings is 1. The summed E-state index contributed by atoms with van der Waals surface area (Å²) in [7, 11) is 0. The molecule has 0 aromatic heterocycles. The molecule has 0 spiro atoms. The summed E-state index contributed by atoms with van der Waals surface area (Å²) in [4.78, 5) is 14.3. The number of carbonyl (C=O) groups is 1. The minimum Gasteiger partial charge on any atom is -0.453 e. The number of hydrogen-bond acceptors (Lipinski definition) is 6. The van der Waals surface area contributed by atoms with Crippen LogP contribution in [0.5, 0.6) is 11.5 Å². The van der Waals surface area contributed by atoms with Crippen LogP contribution in [0, 0.1) is 5.82 Å². The van der Waals surface area contributed by atoms with Gasteiger partial charge in [-0.25, -0.2) is 9.18 Å². The van der Waals surface area contributed by atoms with Gasteiger partial charge in [0.15, 0.2) is 11.6 Å². The molecule has 1 unspecified atom stereocenters. The van der Waals surface area contributed by atoms with Crippen LogP contribution >= 0.6 is 0 Å². The number of aliphatic hydroxyl groups is 1. The summed E-state index contributed by atoms with van der Waals surface area (Å²) in [5.74, 6) is -0.112. The lowest BCUT2D eigenvalue weighted by molar-refractivity contribution is -0.0866. The van der Waals surface area contributed by atoms with Gasteiger partial charge >= 0.3 is 6.09 Å². The molecule has 27 heavy (non-hydrogen) atoms. The number of aliphatic hydroxyl groups excluding tert-OH is 1. The van der Waals surface area contributed by atoms with E-state index in [-0.39, 0.29) is 25.6 Å². The van der Waals surface area contributed by atoms with Gasteiger partial charge in [-0.2, -0.15) is 0 Å². The van der Waals surface area contributed by atoms with Gasteiger partial charge in [-0.3, -0.25) is 4.90 Å². The fraction of sp³-hybridized carbons (Fsp3) is 0.632. The van der Waals surface area contributed by atoms with Gasteiger partial charge in [0.05, 0.1) is 12.6 Å². The summed E-state index contributed by atoms with van der Waals surface area (Å²) >= 11 is 0. The van der Waals surface area contributed by atoms with Crippen molar-refractivity contribution in [2.45, 2.75) is 64.5 Å². The molecule has 1 amide bonds. The van der Waals surface area contributed by atoms with Crippen molar-refractivity contribution in [1.29, 1.82) is 0 Å². The topological polar surface area (TPSA) is 77.5 Å². The molecule has 150 valence electrons. The van der Waals surface area contributed by atoms with Crippen LogP contribution in [0.1, 0.15) is 40.2 Å².